The molecule has 0 bridgehead atoms. The zero-order valence-corrected chi connectivity index (χ0v) is 13.1. The molecule has 1 aromatic heterocycles. The van der Waals surface area contributed by atoms with E-state index in [2.05, 4.69) is 39.2 Å². The zero-order chi connectivity index (χ0) is 13.4. The Labute approximate surface area is 125 Å². The fraction of sp³-hybridized carbons (Fsp3) is 0.333. The van der Waals surface area contributed by atoms with Gasteiger partial charge < -0.3 is 0 Å². The van der Waals surface area contributed by atoms with Crippen molar-refractivity contribution in [3.05, 3.63) is 55.9 Å². The summed E-state index contributed by atoms with van der Waals surface area (Å²) < 4.78 is 14.0. The van der Waals surface area contributed by atoms with E-state index in [-0.39, 0.29) is 5.82 Å². The number of thiophene rings is 1. The molecule has 1 nitrogen and oxygen atoms in total. The normalized spacial score (nSPS) is 19.4. The highest BCUT2D eigenvalue weighted by molar-refractivity contribution is 9.10. The van der Waals surface area contributed by atoms with Gasteiger partial charge in [-0.2, -0.15) is 0 Å². The van der Waals surface area contributed by atoms with Crippen LogP contribution in [0.25, 0.3) is 0 Å². The third-order valence-electron chi connectivity index (χ3n) is 3.79. The summed E-state index contributed by atoms with van der Waals surface area (Å²) in [6.07, 6.45) is 1.12. The van der Waals surface area contributed by atoms with Crippen molar-refractivity contribution in [2.75, 3.05) is 6.54 Å². The van der Waals surface area contributed by atoms with Crippen LogP contribution in [0.15, 0.2) is 34.1 Å². The second kappa shape index (κ2) is 5.35. The van der Waals surface area contributed by atoms with Crippen molar-refractivity contribution in [1.29, 1.82) is 0 Å². The summed E-state index contributed by atoms with van der Waals surface area (Å²) >= 11 is 5.31. The van der Waals surface area contributed by atoms with Gasteiger partial charge in [0.05, 0.1) is 0 Å². The second-order valence-electron chi connectivity index (χ2n) is 4.93. The largest absolute Gasteiger partial charge is 0.292 e. The first kappa shape index (κ1) is 13.3. The molecule has 0 spiro atoms. The van der Waals surface area contributed by atoms with E-state index in [0.29, 0.717) is 6.04 Å². The Balaban J connectivity index is 1.81. The molecule has 1 aliphatic heterocycles. The monoisotopic (exact) mass is 339 g/mol. The molecular formula is C15H15BrFNS. The number of rotatable bonds is 2. The molecule has 1 aromatic carbocycles. The van der Waals surface area contributed by atoms with Crippen LogP contribution in [-0.4, -0.2) is 11.4 Å². The summed E-state index contributed by atoms with van der Waals surface area (Å²) in [6, 6.07) is 7.61. The van der Waals surface area contributed by atoms with Crippen molar-refractivity contribution in [1.82, 2.24) is 4.90 Å². The third-order valence-corrected chi connectivity index (χ3v) is 5.53. The lowest BCUT2D eigenvalue weighted by Gasteiger charge is -2.33. The van der Waals surface area contributed by atoms with Gasteiger partial charge in [-0.3, -0.25) is 4.90 Å². The summed E-state index contributed by atoms with van der Waals surface area (Å²) in [5.41, 5.74) is 2.60. The molecule has 0 radical (unpaired) electrons. The number of hydrogen-bond acceptors (Lipinski definition) is 2. The molecule has 0 fully saturated rings. The lowest BCUT2D eigenvalue weighted by Crippen LogP contribution is -2.32. The molecule has 0 aliphatic carbocycles. The van der Waals surface area contributed by atoms with E-state index in [4.69, 9.17) is 0 Å². The van der Waals surface area contributed by atoms with Gasteiger partial charge in [-0.1, -0.05) is 22.0 Å². The Morgan fingerprint density at radius 2 is 2.26 bits per heavy atom. The van der Waals surface area contributed by atoms with E-state index < -0.39 is 0 Å². The Kier molecular flexibility index (Phi) is 3.74. The SMILES string of the molecule is CC1c2ccsc2CCN1Cc1ccc(F)cc1Br. The number of nitrogens with zero attached hydrogens (tertiary/aromatic N) is 1. The molecule has 1 unspecified atom stereocenters. The first-order chi connectivity index (χ1) is 9.15. The zero-order valence-electron chi connectivity index (χ0n) is 10.7. The van der Waals surface area contributed by atoms with E-state index in [1.54, 1.807) is 6.07 Å². The molecule has 3 rings (SSSR count). The van der Waals surface area contributed by atoms with Crippen molar-refractivity contribution < 1.29 is 4.39 Å². The second-order valence-corrected chi connectivity index (χ2v) is 6.79. The fourth-order valence-electron chi connectivity index (χ4n) is 2.65. The van der Waals surface area contributed by atoms with Gasteiger partial charge in [0.25, 0.3) is 0 Å². The fourth-order valence-corrected chi connectivity index (χ4v) is 4.09. The molecule has 0 N–H and O–H groups in total. The van der Waals surface area contributed by atoms with E-state index in [0.717, 1.165) is 29.5 Å². The van der Waals surface area contributed by atoms with Gasteiger partial charge in [-0.15, -0.1) is 11.3 Å². The summed E-state index contributed by atoms with van der Waals surface area (Å²) in [5.74, 6) is -0.192. The van der Waals surface area contributed by atoms with Crippen LogP contribution in [0.3, 0.4) is 0 Å². The van der Waals surface area contributed by atoms with Crippen LogP contribution in [0.4, 0.5) is 4.39 Å². The Bertz CT molecular complexity index is 596. The highest BCUT2D eigenvalue weighted by Gasteiger charge is 2.24. The van der Waals surface area contributed by atoms with Gasteiger partial charge in [-0.25, -0.2) is 4.39 Å². The number of fused-ring (bicyclic) bond motifs is 1. The molecule has 2 aromatic rings. The van der Waals surface area contributed by atoms with Crippen LogP contribution in [-0.2, 0) is 13.0 Å². The highest BCUT2D eigenvalue weighted by atomic mass is 79.9. The third kappa shape index (κ3) is 2.62. The van der Waals surface area contributed by atoms with Crippen LogP contribution >= 0.6 is 27.3 Å². The summed E-state index contributed by atoms with van der Waals surface area (Å²) in [4.78, 5) is 3.97. The van der Waals surface area contributed by atoms with E-state index in [1.165, 1.54) is 16.5 Å². The molecular weight excluding hydrogens is 325 g/mol. The number of benzene rings is 1. The van der Waals surface area contributed by atoms with Crippen LogP contribution in [0.1, 0.15) is 29.0 Å². The van der Waals surface area contributed by atoms with E-state index >= 15 is 0 Å². The van der Waals surface area contributed by atoms with Crippen LogP contribution in [0, 0.1) is 5.82 Å². The Morgan fingerprint density at radius 1 is 1.42 bits per heavy atom. The molecule has 0 saturated carbocycles. The van der Waals surface area contributed by atoms with E-state index in [1.807, 2.05) is 17.4 Å². The van der Waals surface area contributed by atoms with Gasteiger partial charge >= 0.3 is 0 Å². The topological polar surface area (TPSA) is 3.24 Å². The molecule has 100 valence electrons. The van der Waals surface area contributed by atoms with Crippen LogP contribution in [0.5, 0.6) is 0 Å². The summed E-state index contributed by atoms with van der Waals surface area (Å²) in [7, 11) is 0. The predicted octanol–water partition coefficient (Wildman–Crippen LogP) is 4.77. The van der Waals surface area contributed by atoms with Gasteiger partial charge in [0.1, 0.15) is 5.82 Å². The highest BCUT2D eigenvalue weighted by Crippen LogP contribution is 2.34. The average Bonchev–Trinajstić information content (AvgIpc) is 2.85. The van der Waals surface area contributed by atoms with Crippen molar-refractivity contribution in [2.45, 2.75) is 25.9 Å². The first-order valence-corrected chi connectivity index (χ1v) is 8.06. The Hall–Kier alpha value is -0.710. The lowest BCUT2D eigenvalue weighted by atomic mass is 10.0. The van der Waals surface area contributed by atoms with Crippen molar-refractivity contribution in [2.24, 2.45) is 0 Å². The minimum atomic E-state index is -0.192. The minimum Gasteiger partial charge on any atom is -0.292 e. The molecule has 0 saturated heterocycles. The van der Waals surface area contributed by atoms with Crippen molar-refractivity contribution >= 4 is 27.3 Å². The molecule has 1 aliphatic rings. The predicted molar refractivity (Wildman–Crippen MR) is 80.9 cm³/mol. The maximum atomic E-state index is 13.1. The average molecular weight is 340 g/mol. The van der Waals surface area contributed by atoms with Crippen molar-refractivity contribution in [3.63, 3.8) is 0 Å². The molecule has 2 heterocycles. The van der Waals surface area contributed by atoms with Crippen molar-refractivity contribution in [3.8, 4) is 0 Å². The standard InChI is InChI=1S/C15H15BrFNS/c1-10-13-5-7-19-15(13)4-6-18(10)9-11-2-3-12(17)8-14(11)16/h2-3,5,7-8,10H,4,6,9H2,1H3. The molecule has 0 amide bonds. The number of halogens is 2. The van der Waals surface area contributed by atoms with Gasteiger partial charge in [-0.05, 0) is 48.1 Å². The molecule has 19 heavy (non-hydrogen) atoms. The minimum absolute atomic E-state index is 0.192. The quantitative estimate of drug-likeness (QED) is 0.761. The number of hydrogen-bond donors (Lipinski definition) is 0. The van der Waals surface area contributed by atoms with Gasteiger partial charge in [0.2, 0.25) is 0 Å². The summed E-state index contributed by atoms with van der Waals surface area (Å²) in [5, 5.41) is 2.18. The van der Waals surface area contributed by atoms with Crippen LogP contribution < -0.4 is 0 Å². The summed E-state index contributed by atoms with van der Waals surface area (Å²) in [6.45, 7) is 4.18. The first-order valence-electron chi connectivity index (χ1n) is 6.39. The molecule has 1 atom stereocenters. The maximum absolute atomic E-state index is 13.1. The Morgan fingerprint density at radius 3 is 3.05 bits per heavy atom. The maximum Gasteiger partial charge on any atom is 0.124 e. The smallest absolute Gasteiger partial charge is 0.124 e. The lowest BCUT2D eigenvalue weighted by molar-refractivity contribution is 0.191. The van der Waals surface area contributed by atoms with Gasteiger partial charge in [0.15, 0.2) is 0 Å². The molecule has 4 heteroatoms. The van der Waals surface area contributed by atoms with E-state index in [9.17, 15) is 4.39 Å². The van der Waals surface area contributed by atoms with Gasteiger partial charge in [0, 0.05) is 28.5 Å². The van der Waals surface area contributed by atoms with Crippen LogP contribution in [0.2, 0.25) is 0 Å².